The van der Waals surface area contributed by atoms with Crippen molar-refractivity contribution in [3.63, 3.8) is 0 Å². The molecule has 2 N–H and O–H groups in total. The number of amides is 1. The Morgan fingerprint density at radius 1 is 1.23 bits per heavy atom. The molecule has 1 aliphatic rings. The molecule has 1 amide bonds. The molecular formula is C28H41F2N7O2S. The van der Waals surface area contributed by atoms with E-state index in [-0.39, 0.29) is 55.5 Å². The number of fused-ring (bicyclic) bond motifs is 1. The summed E-state index contributed by atoms with van der Waals surface area (Å²) >= 11 is -1.16. The number of aromatic nitrogens is 5. The van der Waals surface area contributed by atoms with E-state index < -0.39 is 23.3 Å². The highest BCUT2D eigenvalue weighted by Crippen LogP contribution is 2.41. The molecule has 0 bridgehead atoms. The van der Waals surface area contributed by atoms with Crippen LogP contribution >= 0.6 is 0 Å². The van der Waals surface area contributed by atoms with Gasteiger partial charge in [0.15, 0.2) is 5.65 Å². The van der Waals surface area contributed by atoms with Crippen molar-refractivity contribution >= 4 is 22.9 Å². The van der Waals surface area contributed by atoms with Crippen LogP contribution in [0.25, 0.3) is 5.65 Å². The fourth-order valence-electron chi connectivity index (χ4n) is 5.24. The van der Waals surface area contributed by atoms with Gasteiger partial charge < -0.3 is 9.87 Å². The van der Waals surface area contributed by atoms with Gasteiger partial charge in [0.1, 0.15) is 11.4 Å². The van der Waals surface area contributed by atoms with Crippen molar-refractivity contribution in [2.75, 3.05) is 5.75 Å². The minimum absolute atomic E-state index is 0.0146. The zero-order valence-corrected chi connectivity index (χ0v) is 24.8. The molecule has 3 heterocycles. The smallest absolute Gasteiger partial charge is 0.270 e. The number of carbonyl (C=O) groups is 1. The van der Waals surface area contributed by atoms with Crippen LogP contribution in [-0.2, 0) is 11.4 Å². The van der Waals surface area contributed by atoms with E-state index in [1.54, 1.807) is 33.9 Å². The molecule has 12 heteroatoms. The zero-order chi connectivity index (χ0) is 29.0. The van der Waals surface area contributed by atoms with E-state index >= 15 is 0 Å². The Morgan fingerprint density at radius 3 is 2.60 bits per heavy atom. The molecule has 0 aliphatic heterocycles. The maximum atomic E-state index is 14.0. The molecule has 9 nitrogen and oxygen atoms in total. The van der Waals surface area contributed by atoms with E-state index in [9.17, 15) is 18.1 Å². The largest absolute Gasteiger partial charge is 0.598 e. The number of hydrogen-bond donors (Lipinski definition) is 2. The van der Waals surface area contributed by atoms with Crippen molar-refractivity contribution in [2.24, 2.45) is 11.8 Å². The first-order valence-corrected chi connectivity index (χ1v) is 15.5. The lowest BCUT2D eigenvalue weighted by molar-refractivity contribution is -0.0495. The van der Waals surface area contributed by atoms with Gasteiger partial charge in [-0.3, -0.25) is 9.48 Å². The summed E-state index contributed by atoms with van der Waals surface area (Å²) in [4.78, 5) is 18.2. The normalized spacial score (nSPS) is 18.4. The van der Waals surface area contributed by atoms with E-state index in [0.717, 1.165) is 18.4 Å². The molecule has 4 rings (SSSR count). The highest BCUT2D eigenvalue weighted by molar-refractivity contribution is 7.89. The van der Waals surface area contributed by atoms with Crippen molar-refractivity contribution in [2.45, 2.75) is 97.2 Å². The predicted molar refractivity (Wildman–Crippen MR) is 151 cm³/mol. The van der Waals surface area contributed by atoms with Gasteiger partial charge in [-0.05, 0) is 62.6 Å². The molecule has 0 saturated heterocycles. The first-order chi connectivity index (χ1) is 19.0. The maximum absolute atomic E-state index is 14.0. The molecule has 0 spiro atoms. The quantitative estimate of drug-likeness (QED) is 0.273. The molecule has 1 aliphatic carbocycles. The van der Waals surface area contributed by atoms with Crippen molar-refractivity contribution in [1.82, 2.24) is 34.4 Å². The third-order valence-corrected chi connectivity index (χ3v) is 8.73. The van der Waals surface area contributed by atoms with E-state index in [4.69, 9.17) is 4.98 Å². The van der Waals surface area contributed by atoms with Crippen LogP contribution in [0, 0.1) is 11.8 Å². The Balaban J connectivity index is 1.63. The van der Waals surface area contributed by atoms with E-state index in [2.05, 4.69) is 41.0 Å². The van der Waals surface area contributed by atoms with Gasteiger partial charge in [0.05, 0.1) is 30.2 Å². The number of carbonyl (C=O) groups excluding carboxylic acids is 1. The van der Waals surface area contributed by atoms with Crippen LogP contribution in [0.2, 0.25) is 0 Å². The Morgan fingerprint density at radius 2 is 1.95 bits per heavy atom. The Bertz CT molecular complexity index is 1270. The minimum atomic E-state index is -2.69. The number of unbranched alkanes of at least 4 members (excludes halogenated alkanes) is 1. The molecule has 3 aromatic rings. The van der Waals surface area contributed by atoms with Crippen LogP contribution in [0.1, 0.15) is 113 Å². The van der Waals surface area contributed by atoms with Crippen molar-refractivity contribution < 1.29 is 18.1 Å². The van der Waals surface area contributed by atoms with Crippen molar-refractivity contribution in [3.05, 3.63) is 47.7 Å². The van der Waals surface area contributed by atoms with Gasteiger partial charge in [-0.2, -0.15) is 10.2 Å². The Labute approximate surface area is 237 Å². The Hall–Kier alpha value is -2.57. The number of nitrogens with one attached hydrogen (secondary N) is 2. The summed E-state index contributed by atoms with van der Waals surface area (Å²) in [5, 5.41) is 11.9. The minimum Gasteiger partial charge on any atom is -0.598 e. The number of hydrogen-bond acceptors (Lipinski definition) is 6. The lowest BCUT2D eigenvalue weighted by Crippen LogP contribution is -2.38. The van der Waals surface area contributed by atoms with Crippen LogP contribution in [0.4, 0.5) is 8.78 Å². The van der Waals surface area contributed by atoms with Gasteiger partial charge in [0, 0.05) is 36.4 Å². The molecule has 1 fully saturated rings. The summed E-state index contributed by atoms with van der Waals surface area (Å²) in [7, 11) is 0. The fourth-order valence-corrected chi connectivity index (χ4v) is 6.60. The molecule has 1 unspecified atom stereocenters. The standard InChI is InChI=1S/C28H41F2N7O2S/c1-6-7-14-40(39)35-25(18(2)3)21-15-24-33-22(17-36(24)32-16-21)26(20-8-11-28(29,30)12-9-20)34-27(38)23-10-13-31-37(23)19(4)5/h10,13,15-20,25-26,35H,6-9,11-12,14H2,1-5H3,(H,34,38)/t25?,26-,40-/m0/s1. The summed E-state index contributed by atoms with van der Waals surface area (Å²) in [5.41, 5.74) is 2.42. The van der Waals surface area contributed by atoms with Crippen LogP contribution in [0.3, 0.4) is 0 Å². The number of nitrogens with zero attached hydrogens (tertiary/aromatic N) is 5. The number of alkyl halides is 2. The van der Waals surface area contributed by atoms with Gasteiger partial charge in [0.25, 0.3) is 5.91 Å². The van der Waals surface area contributed by atoms with Gasteiger partial charge >= 0.3 is 0 Å². The molecule has 40 heavy (non-hydrogen) atoms. The molecular weight excluding hydrogens is 536 g/mol. The molecule has 3 atom stereocenters. The number of rotatable bonds is 12. The fraction of sp³-hybridized carbons (Fsp3) is 0.643. The summed E-state index contributed by atoms with van der Waals surface area (Å²) in [5.74, 6) is -2.47. The summed E-state index contributed by atoms with van der Waals surface area (Å²) in [6.07, 6.45) is 7.03. The zero-order valence-electron chi connectivity index (χ0n) is 23.9. The summed E-state index contributed by atoms with van der Waals surface area (Å²) < 4.78 is 47.2. The average molecular weight is 578 g/mol. The highest BCUT2D eigenvalue weighted by atomic mass is 32.2. The van der Waals surface area contributed by atoms with E-state index in [0.29, 0.717) is 22.8 Å². The second kappa shape index (κ2) is 12.9. The first kappa shape index (κ1) is 30.4. The van der Waals surface area contributed by atoms with Gasteiger partial charge in [-0.25, -0.2) is 18.3 Å². The lowest BCUT2D eigenvalue weighted by Gasteiger charge is -2.33. The van der Waals surface area contributed by atoms with Gasteiger partial charge in [-0.1, -0.05) is 27.2 Å². The Kier molecular flexibility index (Phi) is 9.84. The SMILES string of the molecule is CCCC[S@+]([O-])NC(c1cnn2cc([C@@H](NC(=O)c3ccnn3C(C)C)C3CCC(F)(F)CC3)nc2c1)C(C)C. The third kappa shape index (κ3) is 7.19. The second-order valence-corrected chi connectivity index (χ2v) is 12.7. The van der Waals surface area contributed by atoms with Crippen LogP contribution in [0.5, 0.6) is 0 Å². The number of imidazole rings is 1. The van der Waals surface area contributed by atoms with Crippen molar-refractivity contribution in [3.8, 4) is 0 Å². The van der Waals surface area contributed by atoms with Crippen LogP contribution in [0.15, 0.2) is 30.7 Å². The molecule has 220 valence electrons. The maximum Gasteiger partial charge on any atom is 0.270 e. The second-order valence-electron chi connectivity index (χ2n) is 11.4. The lowest BCUT2D eigenvalue weighted by atomic mass is 9.81. The van der Waals surface area contributed by atoms with E-state index in [1.165, 1.54) is 0 Å². The van der Waals surface area contributed by atoms with Gasteiger partial charge in [0.2, 0.25) is 5.92 Å². The average Bonchev–Trinajstić information content (AvgIpc) is 3.56. The molecule has 3 aromatic heterocycles. The molecule has 0 radical (unpaired) electrons. The van der Waals surface area contributed by atoms with Crippen LogP contribution in [-0.4, -0.2) is 46.5 Å². The van der Waals surface area contributed by atoms with Crippen molar-refractivity contribution in [1.29, 1.82) is 0 Å². The molecule has 0 aromatic carbocycles. The summed E-state index contributed by atoms with van der Waals surface area (Å²) in [6.45, 7) is 10.1. The first-order valence-electron chi connectivity index (χ1n) is 14.2. The van der Waals surface area contributed by atoms with Gasteiger partial charge in [-0.15, -0.1) is 4.72 Å². The topological polar surface area (TPSA) is 112 Å². The van der Waals surface area contributed by atoms with E-state index in [1.807, 2.05) is 19.9 Å². The predicted octanol–water partition coefficient (Wildman–Crippen LogP) is 5.55. The highest BCUT2D eigenvalue weighted by Gasteiger charge is 2.39. The van der Waals surface area contributed by atoms with Crippen LogP contribution < -0.4 is 10.0 Å². The number of halogens is 2. The molecule has 1 saturated carbocycles. The monoisotopic (exact) mass is 577 g/mol. The summed E-state index contributed by atoms with van der Waals surface area (Å²) in [6, 6.07) is 2.81. The third-order valence-electron chi connectivity index (χ3n) is 7.56.